The van der Waals surface area contributed by atoms with Crippen molar-refractivity contribution < 1.29 is 13.2 Å². The first-order valence-electron chi connectivity index (χ1n) is 6.88. The van der Waals surface area contributed by atoms with Crippen molar-refractivity contribution in [2.45, 2.75) is 23.8 Å². The first-order chi connectivity index (χ1) is 10.4. The number of carbonyl (C=O) groups is 1. The van der Waals surface area contributed by atoms with Gasteiger partial charge in [-0.2, -0.15) is 0 Å². The fraction of sp³-hybridized carbons (Fsp3) is 0.267. The summed E-state index contributed by atoms with van der Waals surface area (Å²) >= 11 is 1.68. The van der Waals surface area contributed by atoms with E-state index in [9.17, 15) is 13.2 Å². The van der Waals surface area contributed by atoms with Crippen LogP contribution < -0.4 is 10.5 Å². The lowest BCUT2D eigenvalue weighted by molar-refractivity contribution is -0.122. The third-order valence-corrected chi connectivity index (χ3v) is 5.69. The van der Waals surface area contributed by atoms with Crippen LogP contribution in [-0.4, -0.2) is 14.3 Å². The van der Waals surface area contributed by atoms with Crippen molar-refractivity contribution >= 4 is 27.3 Å². The molecule has 2 unspecified atom stereocenters. The van der Waals surface area contributed by atoms with E-state index in [2.05, 4.69) is 11.4 Å². The Hall–Kier alpha value is -1.70. The van der Waals surface area contributed by atoms with Crippen molar-refractivity contribution in [2.24, 2.45) is 11.1 Å². The van der Waals surface area contributed by atoms with Gasteiger partial charge in [-0.15, -0.1) is 11.3 Å². The molecular formula is C15H16N2O3S2. The smallest absolute Gasteiger partial charge is 0.238 e. The summed E-state index contributed by atoms with van der Waals surface area (Å²) in [5.41, 5.74) is 0.842. The number of carbonyl (C=O) groups excluding carboxylic acids is 1. The van der Waals surface area contributed by atoms with Crippen LogP contribution in [-0.2, 0) is 21.4 Å². The number of thiophene rings is 1. The predicted octanol–water partition coefficient (Wildman–Crippen LogP) is 1.82. The zero-order chi connectivity index (χ0) is 15.7. The van der Waals surface area contributed by atoms with Crippen molar-refractivity contribution in [3.63, 3.8) is 0 Å². The highest BCUT2D eigenvalue weighted by molar-refractivity contribution is 7.89. The van der Waals surface area contributed by atoms with Crippen molar-refractivity contribution in [2.75, 3.05) is 0 Å². The number of benzene rings is 1. The molecule has 5 nitrogen and oxygen atoms in total. The van der Waals surface area contributed by atoms with Gasteiger partial charge < -0.3 is 5.32 Å². The lowest BCUT2D eigenvalue weighted by Crippen LogP contribution is -2.24. The van der Waals surface area contributed by atoms with Gasteiger partial charge in [0.25, 0.3) is 0 Å². The molecular weight excluding hydrogens is 320 g/mol. The summed E-state index contributed by atoms with van der Waals surface area (Å²) in [6, 6.07) is 10.3. The van der Waals surface area contributed by atoms with Crippen LogP contribution >= 0.6 is 11.3 Å². The van der Waals surface area contributed by atoms with E-state index in [1.54, 1.807) is 23.5 Å². The highest BCUT2D eigenvalue weighted by atomic mass is 32.2. The largest absolute Gasteiger partial charge is 0.352 e. The van der Waals surface area contributed by atoms with Crippen LogP contribution in [0.15, 0.2) is 46.7 Å². The van der Waals surface area contributed by atoms with E-state index >= 15 is 0 Å². The molecule has 3 N–H and O–H groups in total. The Kier molecular flexibility index (Phi) is 4.03. The van der Waals surface area contributed by atoms with Crippen molar-refractivity contribution in [3.05, 3.63) is 52.2 Å². The summed E-state index contributed by atoms with van der Waals surface area (Å²) in [6.45, 7) is 0.386. The molecule has 116 valence electrons. The second-order valence-corrected chi connectivity index (χ2v) is 7.91. The minimum absolute atomic E-state index is 0.0499. The molecule has 2 atom stereocenters. The van der Waals surface area contributed by atoms with Gasteiger partial charge in [-0.05, 0) is 35.6 Å². The van der Waals surface area contributed by atoms with E-state index in [1.165, 1.54) is 17.0 Å². The molecule has 1 amide bonds. The zero-order valence-electron chi connectivity index (χ0n) is 11.7. The van der Waals surface area contributed by atoms with E-state index in [0.717, 1.165) is 12.0 Å². The fourth-order valence-corrected chi connectivity index (χ4v) is 3.84. The van der Waals surface area contributed by atoms with Gasteiger partial charge in [-0.25, -0.2) is 13.6 Å². The minimum Gasteiger partial charge on any atom is -0.352 e. The Morgan fingerprint density at radius 3 is 2.59 bits per heavy atom. The molecule has 22 heavy (non-hydrogen) atoms. The van der Waals surface area contributed by atoms with Crippen LogP contribution in [0.1, 0.15) is 22.8 Å². The number of hydrogen-bond acceptors (Lipinski definition) is 4. The SMILES string of the molecule is NS(=O)(=O)c1ccc(CNC(=O)C2CC2c2cccs2)cc1. The molecule has 0 aliphatic heterocycles. The number of nitrogens with one attached hydrogen (secondary N) is 1. The average Bonchev–Trinajstić information content (AvgIpc) is 3.10. The highest BCUT2D eigenvalue weighted by Gasteiger charge is 2.44. The van der Waals surface area contributed by atoms with Crippen LogP contribution in [0.4, 0.5) is 0 Å². The standard InChI is InChI=1S/C15H16N2O3S2/c16-22(19,20)11-5-3-10(4-6-11)9-17-15(18)13-8-12(13)14-2-1-7-21-14/h1-7,12-13H,8-9H2,(H,17,18)(H2,16,19,20). The number of hydrogen-bond donors (Lipinski definition) is 2. The second-order valence-electron chi connectivity index (χ2n) is 5.37. The summed E-state index contributed by atoms with van der Waals surface area (Å²) in [5, 5.41) is 9.96. The van der Waals surface area contributed by atoms with Gasteiger partial charge in [0, 0.05) is 23.3 Å². The highest BCUT2D eigenvalue weighted by Crippen LogP contribution is 2.49. The summed E-state index contributed by atoms with van der Waals surface area (Å²) < 4.78 is 22.3. The van der Waals surface area contributed by atoms with Crippen molar-refractivity contribution in [1.82, 2.24) is 5.32 Å². The topological polar surface area (TPSA) is 89.3 Å². The van der Waals surface area contributed by atoms with E-state index in [1.807, 2.05) is 11.4 Å². The van der Waals surface area contributed by atoms with Crippen LogP contribution in [0, 0.1) is 5.92 Å². The molecule has 0 spiro atoms. The normalized spacial score (nSPS) is 20.6. The number of sulfonamides is 1. The molecule has 1 saturated carbocycles. The first kappa shape index (κ1) is 15.2. The van der Waals surface area contributed by atoms with Crippen LogP contribution in [0.25, 0.3) is 0 Å². The quantitative estimate of drug-likeness (QED) is 0.873. The van der Waals surface area contributed by atoms with Gasteiger partial charge in [-0.1, -0.05) is 18.2 Å². The second kappa shape index (κ2) is 5.83. The molecule has 2 aromatic rings. The number of amides is 1. The number of rotatable bonds is 5. The van der Waals surface area contributed by atoms with Gasteiger partial charge in [0.2, 0.25) is 15.9 Å². The summed E-state index contributed by atoms with van der Waals surface area (Å²) in [6.07, 6.45) is 0.900. The molecule has 7 heteroatoms. The number of nitrogens with two attached hydrogens (primary N) is 1. The molecule has 1 aliphatic rings. The van der Waals surface area contributed by atoms with Gasteiger partial charge in [0.15, 0.2) is 0 Å². The van der Waals surface area contributed by atoms with Gasteiger partial charge in [-0.3, -0.25) is 4.79 Å². The molecule has 1 heterocycles. The molecule has 3 rings (SSSR count). The maximum atomic E-state index is 12.1. The van der Waals surface area contributed by atoms with E-state index in [0.29, 0.717) is 12.5 Å². The monoisotopic (exact) mass is 336 g/mol. The van der Waals surface area contributed by atoms with E-state index < -0.39 is 10.0 Å². The maximum Gasteiger partial charge on any atom is 0.238 e. The number of primary sulfonamides is 1. The molecule has 0 saturated heterocycles. The van der Waals surface area contributed by atoms with Gasteiger partial charge in [0.1, 0.15) is 0 Å². The average molecular weight is 336 g/mol. The Balaban J connectivity index is 1.54. The third kappa shape index (κ3) is 3.37. The lowest BCUT2D eigenvalue weighted by Gasteiger charge is -2.06. The Morgan fingerprint density at radius 1 is 1.27 bits per heavy atom. The van der Waals surface area contributed by atoms with Gasteiger partial charge >= 0.3 is 0 Å². The van der Waals surface area contributed by atoms with Crippen molar-refractivity contribution in [3.8, 4) is 0 Å². The summed E-state index contributed by atoms with van der Waals surface area (Å²) in [4.78, 5) is 13.4. The lowest BCUT2D eigenvalue weighted by atomic mass is 10.2. The summed E-state index contributed by atoms with van der Waals surface area (Å²) in [5.74, 6) is 0.459. The maximum absolute atomic E-state index is 12.1. The van der Waals surface area contributed by atoms with Crippen LogP contribution in [0.2, 0.25) is 0 Å². The Labute approximate surface area is 133 Å². The zero-order valence-corrected chi connectivity index (χ0v) is 13.4. The van der Waals surface area contributed by atoms with Crippen LogP contribution in [0.5, 0.6) is 0 Å². The van der Waals surface area contributed by atoms with Crippen molar-refractivity contribution in [1.29, 1.82) is 0 Å². The van der Waals surface area contributed by atoms with E-state index in [-0.39, 0.29) is 16.7 Å². The Bertz CT molecular complexity index is 768. The van der Waals surface area contributed by atoms with Crippen LogP contribution in [0.3, 0.4) is 0 Å². The molecule has 0 bridgehead atoms. The predicted molar refractivity (Wildman–Crippen MR) is 84.8 cm³/mol. The molecule has 1 aromatic carbocycles. The first-order valence-corrected chi connectivity index (χ1v) is 9.30. The Morgan fingerprint density at radius 2 is 2.00 bits per heavy atom. The molecule has 0 radical (unpaired) electrons. The third-order valence-electron chi connectivity index (χ3n) is 3.75. The summed E-state index contributed by atoms with van der Waals surface area (Å²) in [7, 11) is -3.67. The fourth-order valence-electron chi connectivity index (χ4n) is 2.42. The van der Waals surface area contributed by atoms with Gasteiger partial charge in [0.05, 0.1) is 4.90 Å². The molecule has 1 aromatic heterocycles. The molecule has 1 fully saturated rings. The minimum atomic E-state index is -3.67. The molecule has 1 aliphatic carbocycles. The van der Waals surface area contributed by atoms with E-state index in [4.69, 9.17) is 5.14 Å².